The second-order valence-electron chi connectivity index (χ2n) is 11.3. The molecule has 4 nitrogen and oxygen atoms in total. The first-order chi connectivity index (χ1) is 18.7. The lowest BCUT2D eigenvalue weighted by atomic mass is 9.84. The van der Waals surface area contributed by atoms with Crippen molar-refractivity contribution in [2.45, 2.75) is 69.6 Å². The molecule has 0 amide bonds. The van der Waals surface area contributed by atoms with Crippen LogP contribution in [-0.2, 0) is 30.0 Å². The van der Waals surface area contributed by atoms with Crippen LogP contribution in [0.4, 0.5) is 30.7 Å². The minimum atomic E-state index is -4.80. The van der Waals surface area contributed by atoms with Crippen LogP contribution in [0.2, 0.25) is 0 Å². The molecule has 2 aromatic carbocycles. The number of aryl methyl sites for hydroxylation is 1. The Morgan fingerprint density at radius 2 is 1.77 bits per heavy atom. The molecule has 0 aromatic heterocycles. The average molecular weight is 574 g/mol. The van der Waals surface area contributed by atoms with Crippen LogP contribution in [0, 0.1) is 11.8 Å². The molecule has 2 aromatic rings. The number of benzene rings is 2. The number of carbonyl (C=O) groups excluding carboxylic acids is 1. The van der Waals surface area contributed by atoms with Crippen molar-refractivity contribution in [1.82, 2.24) is 4.90 Å². The Morgan fingerprint density at radius 3 is 2.42 bits per heavy atom. The van der Waals surface area contributed by atoms with Crippen molar-refractivity contribution in [3.63, 3.8) is 0 Å². The van der Waals surface area contributed by atoms with Crippen molar-refractivity contribution in [3.05, 3.63) is 58.7 Å². The van der Waals surface area contributed by atoms with Crippen LogP contribution in [0.1, 0.15) is 54.9 Å². The van der Waals surface area contributed by atoms with Crippen LogP contribution in [-0.4, -0.2) is 42.3 Å². The first-order valence-corrected chi connectivity index (χ1v) is 13.4. The van der Waals surface area contributed by atoms with Gasteiger partial charge in [-0.3, -0.25) is 9.69 Å². The van der Waals surface area contributed by atoms with Gasteiger partial charge in [-0.1, -0.05) is 25.8 Å². The van der Waals surface area contributed by atoms with Gasteiger partial charge in [0.15, 0.2) is 5.67 Å². The summed E-state index contributed by atoms with van der Waals surface area (Å²) in [5.41, 5.74) is -3.67. The number of nitrogens with zero attached hydrogens (tertiary/aromatic N) is 1. The smallest absolute Gasteiger partial charge is 0.416 e. The molecule has 11 heteroatoms. The maximum atomic E-state index is 15.7. The predicted octanol–water partition coefficient (Wildman–Crippen LogP) is 7.03. The zero-order chi connectivity index (χ0) is 28.9. The largest absolute Gasteiger partial charge is 0.487 e. The van der Waals surface area contributed by atoms with Gasteiger partial charge in [0.2, 0.25) is 0 Å². The SMILES string of the molecule is C[C@H](CC1CC1)C(=O)Oc1ccc2c(c1)O[C@@H](C1(F)CN(CCc3cc(C(F)(F)F)ccc3C(F)(F)F)C1)CC2. The van der Waals surface area contributed by atoms with E-state index in [1.807, 2.05) is 6.92 Å². The number of rotatable bonds is 8. The number of hydrogen-bond acceptors (Lipinski definition) is 4. The molecule has 1 saturated carbocycles. The van der Waals surface area contributed by atoms with Crippen LogP contribution >= 0.6 is 0 Å². The van der Waals surface area contributed by atoms with Gasteiger partial charge in [0.25, 0.3) is 0 Å². The van der Waals surface area contributed by atoms with Crippen LogP contribution in [0.5, 0.6) is 11.5 Å². The molecule has 2 heterocycles. The normalized spacial score (nSPS) is 21.6. The first-order valence-electron chi connectivity index (χ1n) is 13.4. The van der Waals surface area contributed by atoms with Gasteiger partial charge in [0, 0.05) is 25.7 Å². The molecule has 0 bridgehead atoms. The van der Waals surface area contributed by atoms with Gasteiger partial charge in [-0.15, -0.1) is 0 Å². The molecule has 0 N–H and O–H groups in total. The molecule has 218 valence electrons. The third kappa shape index (κ3) is 6.39. The maximum absolute atomic E-state index is 15.7. The molecule has 0 unspecified atom stereocenters. The first kappa shape index (κ1) is 28.7. The number of halogens is 7. The van der Waals surface area contributed by atoms with Gasteiger partial charge in [0.05, 0.1) is 17.0 Å². The minimum absolute atomic E-state index is 0.0293. The van der Waals surface area contributed by atoms with E-state index < -0.39 is 40.8 Å². The highest BCUT2D eigenvalue weighted by Gasteiger charge is 2.51. The quantitative estimate of drug-likeness (QED) is 0.193. The fourth-order valence-corrected chi connectivity index (χ4v) is 5.54. The summed E-state index contributed by atoms with van der Waals surface area (Å²) in [5.74, 6) is 0.762. The van der Waals surface area contributed by atoms with Crippen LogP contribution in [0.25, 0.3) is 0 Å². The number of hydrogen-bond donors (Lipinski definition) is 0. The second kappa shape index (κ2) is 10.5. The molecule has 40 heavy (non-hydrogen) atoms. The minimum Gasteiger partial charge on any atom is -0.487 e. The molecule has 1 aliphatic carbocycles. The molecule has 2 aliphatic heterocycles. The van der Waals surface area contributed by atoms with Crippen molar-refractivity contribution in [3.8, 4) is 11.5 Å². The van der Waals surface area contributed by atoms with E-state index in [4.69, 9.17) is 9.47 Å². The Balaban J connectivity index is 1.18. The summed E-state index contributed by atoms with van der Waals surface area (Å²) in [5, 5.41) is 0. The van der Waals surface area contributed by atoms with Gasteiger partial charge < -0.3 is 9.47 Å². The Morgan fingerprint density at radius 1 is 1.05 bits per heavy atom. The fraction of sp³-hybridized carbons (Fsp3) is 0.552. The monoisotopic (exact) mass is 573 g/mol. The summed E-state index contributed by atoms with van der Waals surface area (Å²) in [7, 11) is 0. The summed E-state index contributed by atoms with van der Waals surface area (Å²) >= 11 is 0. The van der Waals surface area contributed by atoms with E-state index in [-0.39, 0.29) is 37.9 Å². The van der Waals surface area contributed by atoms with Gasteiger partial charge in [-0.25, -0.2) is 4.39 Å². The van der Waals surface area contributed by atoms with Gasteiger partial charge >= 0.3 is 18.3 Å². The van der Waals surface area contributed by atoms with E-state index in [9.17, 15) is 31.1 Å². The van der Waals surface area contributed by atoms with E-state index in [1.165, 1.54) is 0 Å². The van der Waals surface area contributed by atoms with Gasteiger partial charge in [0.1, 0.15) is 17.6 Å². The standard InChI is InChI=1S/C29H30F7NO3/c1-17(12-18-2-3-18)26(38)39-22-7-4-19-5-9-25(40-24(19)14-22)27(30)15-37(16-27)11-10-20-13-21(28(31,32)33)6-8-23(20)29(34,35)36/h4,6-8,13-14,17-18,25H,2-3,5,9-12,15-16H2,1H3/t17-,25-/m1/s1. The van der Waals surface area contributed by atoms with Crippen LogP contribution in [0.15, 0.2) is 36.4 Å². The lowest BCUT2D eigenvalue weighted by molar-refractivity contribution is -0.142. The van der Waals surface area contributed by atoms with Crippen molar-refractivity contribution in [2.75, 3.05) is 19.6 Å². The molecular weight excluding hydrogens is 543 g/mol. The third-order valence-electron chi connectivity index (χ3n) is 7.97. The lowest BCUT2D eigenvalue weighted by Crippen LogP contribution is -2.66. The molecule has 2 fully saturated rings. The van der Waals surface area contributed by atoms with E-state index in [1.54, 1.807) is 23.1 Å². The average Bonchev–Trinajstić information content (AvgIpc) is 3.68. The topological polar surface area (TPSA) is 38.8 Å². The van der Waals surface area contributed by atoms with Crippen molar-refractivity contribution in [1.29, 1.82) is 0 Å². The maximum Gasteiger partial charge on any atom is 0.416 e. The van der Waals surface area contributed by atoms with E-state index >= 15 is 4.39 Å². The molecule has 3 aliphatic rings. The fourth-order valence-electron chi connectivity index (χ4n) is 5.54. The summed E-state index contributed by atoms with van der Waals surface area (Å²) in [6.45, 7) is 1.58. The summed E-state index contributed by atoms with van der Waals surface area (Å²) < 4.78 is 107. The molecule has 5 rings (SSSR count). The van der Waals surface area contributed by atoms with E-state index in [0.717, 1.165) is 24.8 Å². The summed E-state index contributed by atoms with van der Waals surface area (Å²) in [6.07, 6.45) is -6.71. The number of likely N-dealkylation sites (tertiary alicyclic amines) is 1. The summed E-state index contributed by atoms with van der Waals surface area (Å²) in [4.78, 5) is 14.0. The Labute approximate surface area is 227 Å². The highest BCUT2D eigenvalue weighted by molar-refractivity contribution is 5.75. The second-order valence-corrected chi connectivity index (χ2v) is 11.3. The van der Waals surface area contributed by atoms with Crippen LogP contribution in [0.3, 0.4) is 0 Å². The number of ether oxygens (including phenoxy) is 2. The Hall–Kier alpha value is -2.82. The van der Waals surface area contributed by atoms with Gasteiger partial charge in [-0.05, 0) is 67.0 Å². The Kier molecular flexibility index (Phi) is 7.56. The lowest BCUT2D eigenvalue weighted by Gasteiger charge is -2.49. The van der Waals surface area contributed by atoms with E-state index in [2.05, 4.69) is 0 Å². The molecular formula is C29H30F7NO3. The zero-order valence-electron chi connectivity index (χ0n) is 21.9. The summed E-state index contributed by atoms with van der Waals surface area (Å²) in [6, 6.07) is 6.43. The molecule has 0 spiro atoms. The Bertz CT molecular complexity index is 1250. The number of fused-ring (bicyclic) bond motifs is 1. The predicted molar refractivity (Wildman–Crippen MR) is 132 cm³/mol. The van der Waals surface area contributed by atoms with Gasteiger partial charge in [-0.2, -0.15) is 26.3 Å². The molecule has 2 atom stereocenters. The molecule has 0 radical (unpaired) electrons. The zero-order valence-corrected chi connectivity index (χ0v) is 21.9. The highest BCUT2D eigenvalue weighted by Crippen LogP contribution is 2.41. The number of esters is 1. The van der Waals surface area contributed by atoms with E-state index in [0.29, 0.717) is 48.5 Å². The highest BCUT2D eigenvalue weighted by atomic mass is 19.4. The number of carbonyl (C=O) groups is 1. The van der Waals surface area contributed by atoms with Crippen molar-refractivity contribution < 1.29 is 45.0 Å². The van der Waals surface area contributed by atoms with Crippen molar-refractivity contribution >= 4 is 5.97 Å². The third-order valence-corrected chi connectivity index (χ3v) is 7.97. The van der Waals surface area contributed by atoms with Crippen LogP contribution < -0.4 is 9.47 Å². The van der Waals surface area contributed by atoms with Crippen molar-refractivity contribution in [2.24, 2.45) is 11.8 Å². The number of alkyl halides is 7. The molecule has 1 saturated heterocycles.